The summed E-state index contributed by atoms with van der Waals surface area (Å²) in [5.74, 6) is -0.482. The van der Waals surface area contributed by atoms with E-state index in [1.54, 1.807) is 18.5 Å². The van der Waals surface area contributed by atoms with Gasteiger partial charge in [0.1, 0.15) is 6.04 Å². The summed E-state index contributed by atoms with van der Waals surface area (Å²) >= 11 is 1.22. The highest BCUT2D eigenvalue weighted by atomic mass is 32.2. The molecule has 2 unspecified atom stereocenters. The predicted molar refractivity (Wildman–Crippen MR) is 76.2 cm³/mol. The van der Waals surface area contributed by atoms with Gasteiger partial charge in [0.2, 0.25) is 5.91 Å². The van der Waals surface area contributed by atoms with E-state index in [1.165, 1.54) is 18.9 Å². The van der Waals surface area contributed by atoms with Crippen molar-refractivity contribution in [3.8, 4) is 0 Å². The van der Waals surface area contributed by atoms with Crippen molar-refractivity contribution in [3.63, 3.8) is 0 Å². The second kappa shape index (κ2) is 8.52. The van der Waals surface area contributed by atoms with Gasteiger partial charge in [-0.25, -0.2) is 14.8 Å². The summed E-state index contributed by atoms with van der Waals surface area (Å²) < 4.78 is 4.71. The Hall–Kier alpha value is -1.63. The van der Waals surface area contributed by atoms with Crippen molar-refractivity contribution >= 4 is 23.6 Å². The summed E-state index contributed by atoms with van der Waals surface area (Å²) in [6, 6.07) is 1.09. The van der Waals surface area contributed by atoms with E-state index in [0.717, 1.165) is 6.42 Å². The van der Waals surface area contributed by atoms with Gasteiger partial charge >= 0.3 is 5.97 Å². The van der Waals surface area contributed by atoms with Crippen molar-refractivity contribution < 1.29 is 14.3 Å². The number of methoxy groups -OCH3 is 1. The molecule has 1 aromatic heterocycles. The van der Waals surface area contributed by atoms with Crippen molar-refractivity contribution in [2.75, 3.05) is 12.9 Å². The van der Waals surface area contributed by atoms with E-state index in [-0.39, 0.29) is 17.6 Å². The van der Waals surface area contributed by atoms with Gasteiger partial charge < -0.3 is 10.1 Å². The zero-order valence-corrected chi connectivity index (χ0v) is 12.6. The topological polar surface area (TPSA) is 81.2 Å². The first-order valence-electron chi connectivity index (χ1n) is 6.35. The Morgan fingerprint density at radius 3 is 2.60 bits per heavy atom. The fraction of sp³-hybridized carbons (Fsp3) is 0.538. The summed E-state index contributed by atoms with van der Waals surface area (Å²) in [4.78, 5) is 31.6. The number of hydrogen-bond acceptors (Lipinski definition) is 6. The van der Waals surface area contributed by atoms with Crippen LogP contribution in [0.5, 0.6) is 0 Å². The SMILES string of the molecule is CCC(C)C(NC(=O)CSc1ncccn1)C(=O)OC. The highest BCUT2D eigenvalue weighted by Gasteiger charge is 2.26. The molecule has 20 heavy (non-hydrogen) atoms. The zero-order chi connectivity index (χ0) is 15.0. The van der Waals surface area contributed by atoms with Gasteiger partial charge in [0.15, 0.2) is 5.16 Å². The molecule has 0 aliphatic carbocycles. The molecule has 1 N–H and O–H groups in total. The summed E-state index contributed by atoms with van der Waals surface area (Å²) in [7, 11) is 1.32. The Kier molecular flexibility index (Phi) is 7.00. The molecule has 2 atom stereocenters. The molecule has 1 amide bonds. The van der Waals surface area contributed by atoms with Gasteiger partial charge in [0.05, 0.1) is 12.9 Å². The van der Waals surface area contributed by atoms with E-state index in [0.29, 0.717) is 5.16 Å². The Labute approximate surface area is 122 Å². The quantitative estimate of drug-likeness (QED) is 0.464. The first kappa shape index (κ1) is 16.4. The van der Waals surface area contributed by atoms with Crippen LogP contribution in [-0.2, 0) is 14.3 Å². The maximum atomic E-state index is 11.9. The van der Waals surface area contributed by atoms with Crippen LogP contribution in [-0.4, -0.2) is 40.7 Å². The molecule has 0 saturated heterocycles. The maximum absolute atomic E-state index is 11.9. The second-order valence-corrected chi connectivity index (χ2v) is 5.22. The maximum Gasteiger partial charge on any atom is 0.328 e. The van der Waals surface area contributed by atoms with Gasteiger partial charge in [0, 0.05) is 12.4 Å². The average molecular weight is 297 g/mol. The zero-order valence-electron chi connectivity index (χ0n) is 11.8. The van der Waals surface area contributed by atoms with Crippen LogP contribution in [0.15, 0.2) is 23.6 Å². The predicted octanol–water partition coefficient (Wildman–Crippen LogP) is 1.27. The van der Waals surface area contributed by atoms with Crippen LogP contribution in [0.4, 0.5) is 0 Å². The molecule has 0 radical (unpaired) electrons. The molecule has 6 nitrogen and oxygen atoms in total. The van der Waals surface area contributed by atoms with Gasteiger partial charge in [-0.1, -0.05) is 32.0 Å². The fourth-order valence-electron chi connectivity index (χ4n) is 1.50. The first-order valence-corrected chi connectivity index (χ1v) is 7.34. The smallest absolute Gasteiger partial charge is 0.328 e. The average Bonchev–Trinajstić information content (AvgIpc) is 2.50. The number of esters is 1. The van der Waals surface area contributed by atoms with Gasteiger partial charge in [0.25, 0.3) is 0 Å². The summed E-state index contributed by atoms with van der Waals surface area (Å²) in [6.07, 6.45) is 4.00. The third-order valence-electron chi connectivity index (χ3n) is 2.86. The number of ether oxygens (including phenoxy) is 1. The molecular formula is C13H19N3O3S. The summed E-state index contributed by atoms with van der Waals surface area (Å²) in [6.45, 7) is 3.86. The third kappa shape index (κ3) is 5.16. The van der Waals surface area contributed by atoms with E-state index in [9.17, 15) is 9.59 Å². The highest BCUT2D eigenvalue weighted by molar-refractivity contribution is 7.99. The lowest BCUT2D eigenvalue weighted by Crippen LogP contribution is -2.46. The van der Waals surface area contributed by atoms with Crippen LogP contribution < -0.4 is 5.32 Å². The fourth-order valence-corrected chi connectivity index (χ4v) is 2.12. The molecule has 0 aliphatic heterocycles. The number of amides is 1. The molecule has 0 aliphatic rings. The number of rotatable bonds is 7. The van der Waals surface area contributed by atoms with E-state index >= 15 is 0 Å². The van der Waals surface area contributed by atoms with Crippen LogP contribution >= 0.6 is 11.8 Å². The van der Waals surface area contributed by atoms with Gasteiger partial charge in [-0.2, -0.15) is 0 Å². The van der Waals surface area contributed by atoms with E-state index < -0.39 is 12.0 Å². The number of thioether (sulfide) groups is 1. The Bertz CT molecular complexity index is 442. The van der Waals surface area contributed by atoms with Crippen molar-refractivity contribution in [1.29, 1.82) is 0 Å². The Morgan fingerprint density at radius 2 is 2.05 bits per heavy atom. The van der Waals surface area contributed by atoms with Gasteiger partial charge in [-0.05, 0) is 12.0 Å². The molecule has 1 heterocycles. The standard InChI is InChI=1S/C13H19N3O3S/c1-4-9(2)11(12(18)19-3)16-10(17)8-20-13-14-6-5-7-15-13/h5-7,9,11H,4,8H2,1-3H3,(H,16,17). The minimum atomic E-state index is -0.616. The summed E-state index contributed by atoms with van der Waals surface area (Å²) in [5, 5.41) is 3.23. The van der Waals surface area contributed by atoms with Crippen molar-refractivity contribution in [2.24, 2.45) is 5.92 Å². The van der Waals surface area contributed by atoms with E-state index in [2.05, 4.69) is 15.3 Å². The summed E-state index contributed by atoms with van der Waals surface area (Å²) in [5.41, 5.74) is 0. The lowest BCUT2D eigenvalue weighted by Gasteiger charge is -2.21. The molecule has 7 heteroatoms. The molecule has 0 aromatic carbocycles. The van der Waals surface area contributed by atoms with Crippen LogP contribution in [0.25, 0.3) is 0 Å². The van der Waals surface area contributed by atoms with Gasteiger partial charge in [-0.15, -0.1) is 0 Å². The second-order valence-electron chi connectivity index (χ2n) is 4.27. The molecular weight excluding hydrogens is 278 g/mol. The molecule has 110 valence electrons. The molecule has 0 spiro atoms. The molecule has 0 saturated carbocycles. The molecule has 1 rings (SSSR count). The van der Waals surface area contributed by atoms with Crippen LogP contribution in [0.1, 0.15) is 20.3 Å². The largest absolute Gasteiger partial charge is 0.467 e. The van der Waals surface area contributed by atoms with Crippen molar-refractivity contribution in [2.45, 2.75) is 31.5 Å². The normalized spacial score (nSPS) is 13.3. The van der Waals surface area contributed by atoms with Crippen LogP contribution in [0.2, 0.25) is 0 Å². The Morgan fingerprint density at radius 1 is 1.40 bits per heavy atom. The van der Waals surface area contributed by atoms with Crippen LogP contribution in [0.3, 0.4) is 0 Å². The van der Waals surface area contributed by atoms with Crippen LogP contribution in [0, 0.1) is 5.92 Å². The number of nitrogens with one attached hydrogen (secondary N) is 1. The Balaban J connectivity index is 2.51. The lowest BCUT2D eigenvalue weighted by atomic mass is 9.99. The minimum absolute atomic E-state index is 0.0179. The molecule has 1 aromatic rings. The first-order chi connectivity index (χ1) is 9.58. The van der Waals surface area contributed by atoms with Crippen molar-refractivity contribution in [3.05, 3.63) is 18.5 Å². The molecule has 0 fully saturated rings. The van der Waals surface area contributed by atoms with E-state index in [1.807, 2.05) is 13.8 Å². The molecule has 0 bridgehead atoms. The van der Waals surface area contributed by atoms with E-state index in [4.69, 9.17) is 4.74 Å². The lowest BCUT2D eigenvalue weighted by molar-refractivity contribution is -0.146. The van der Waals surface area contributed by atoms with Crippen molar-refractivity contribution in [1.82, 2.24) is 15.3 Å². The number of hydrogen-bond donors (Lipinski definition) is 1. The number of aromatic nitrogens is 2. The minimum Gasteiger partial charge on any atom is -0.467 e. The number of carbonyl (C=O) groups excluding carboxylic acids is 2. The third-order valence-corrected chi connectivity index (χ3v) is 3.73. The highest BCUT2D eigenvalue weighted by Crippen LogP contribution is 2.12. The van der Waals surface area contributed by atoms with Gasteiger partial charge in [-0.3, -0.25) is 4.79 Å². The number of nitrogens with zero attached hydrogens (tertiary/aromatic N) is 2. The number of carbonyl (C=O) groups is 2. The monoisotopic (exact) mass is 297 g/mol.